The zero-order chi connectivity index (χ0) is 13.1. The van der Waals surface area contributed by atoms with E-state index in [9.17, 15) is 4.39 Å². The normalized spacial score (nSPS) is 10.2. The monoisotopic (exact) mass is 247 g/mol. The number of hydrogen-bond donors (Lipinski definition) is 1. The van der Waals surface area contributed by atoms with Gasteiger partial charge in [-0.1, -0.05) is 0 Å². The molecule has 1 aromatic carbocycles. The number of aromatic nitrogens is 2. The third kappa shape index (κ3) is 2.56. The fraction of sp³-hybridized carbons (Fsp3) is 0.231. The number of hydrogen-bond acceptors (Lipinski definition) is 4. The number of methoxy groups -OCH3 is 1. The molecule has 4 nitrogen and oxygen atoms in total. The molecule has 0 amide bonds. The van der Waals surface area contributed by atoms with Gasteiger partial charge < -0.3 is 10.1 Å². The van der Waals surface area contributed by atoms with E-state index in [1.165, 1.54) is 13.2 Å². The average Bonchev–Trinajstić information content (AvgIpc) is 2.33. The zero-order valence-electron chi connectivity index (χ0n) is 10.5. The smallest absolute Gasteiger partial charge is 0.227 e. The summed E-state index contributed by atoms with van der Waals surface area (Å²) in [6.07, 6.45) is 1.66. The van der Waals surface area contributed by atoms with E-state index < -0.39 is 0 Å². The predicted octanol–water partition coefficient (Wildman–Crippen LogP) is 2.98. The lowest BCUT2D eigenvalue weighted by Crippen LogP contribution is -2.01. The third-order valence-electron chi connectivity index (χ3n) is 2.52. The second kappa shape index (κ2) is 5.00. The molecule has 18 heavy (non-hydrogen) atoms. The van der Waals surface area contributed by atoms with Crippen LogP contribution in [0, 0.1) is 19.7 Å². The van der Waals surface area contributed by atoms with Gasteiger partial charge in [0.05, 0.1) is 12.8 Å². The molecule has 0 aliphatic rings. The number of anilines is 2. The first-order valence-corrected chi connectivity index (χ1v) is 5.51. The van der Waals surface area contributed by atoms with Crippen molar-refractivity contribution in [2.75, 3.05) is 12.4 Å². The maximum absolute atomic E-state index is 13.4. The Morgan fingerprint density at radius 2 is 2.06 bits per heavy atom. The Labute approximate surface area is 105 Å². The number of rotatable bonds is 3. The van der Waals surface area contributed by atoms with E-state index in [0.29, 0.717) is 22.9 Å². The SMILES string of the molecule is COc1cc(F)c(C)cc1Nc1nccc(C)n1. The Bertz CT molecular complexity index is 572. The Kier molecular flexibility index (Phi) is 3.41. The van der Waals surface area contributed by atoms with E-state index >= 15 is 0 Å². The summed E-state index contributed by atoms with van der Waals surface area (Å²) >= 11 is 0. The van der Waals surface area contributed by atoms with Crippen molar-refractivity contribution >= 4 is 11.6 Å². The lowest BCUT2D eigenvalue weighted by Gasteiger charge is -2.11. The van der Waals surface area contributed by atoms with Crippen molar-refractivity contribution in [1.82, 2.24) is 9.97 Å². The van der Waals surface area contributed by atoms with E-state index in [-0.39, 0.29) is 5.82 Å². The fourth-order valence-corrected chi connectivity index (χ4v) is 1.56. The van der Waals surface area contributed by atoms with Gasteiger partial charge in [0.25, 0.3) is 0 Å². The van der Waals surface area contributed by atoms with Crippen LogP contribution >= 0.6 is 0 Å². The Morgan fingerprint density at radius 1 is 1.28 bits per heavy atom. The van der Waals surface area contributed by atoms with Crippen molar-refractivity contribution in [3.05, 3.63) is 41.5 Å². The second-order valence-corrected chi connectivity index (χ2v) is 3.95. The molecule has 5 heteroatoms. The van der Waals surface area contributed by atoms with E-state index in [0.717, 1.165) is 5.69 Å². The molecule has 0 saturated heterocycles. The highest BCUT2D eigenvalue weighted by Crippen LogP contribution is 2.29. The number of nitrogens with one attached hydrogen (secondary N) is 1. The van der Waals surface area contributed by atoms with E-state index in [4.69, 9.17) is 4.74 Å². The van der Waals surface area contributed by atoms with Crippen LogP contribution in [-0.2, 0) is 0 Å². The summed E-state index contributed by atoms with van der Waals surface area (Å²) in [5.41, 5.74) is 2.03. The first kappa shape index (κ1) is 12.3. The third-order valence-corrected chi connectivity index (χ3v) is 2.52. The molecule has 2 aromatic rings. The molecule has 0 radical (unpaired) electrons. The van der Waals surface area contributed by atoms with Gasteiger partial charge in [-0.2, -0.15) is 0 Å². The summed E-state index contributed by atoms with van der Waals surface area (Å²) in [5, 5.41) is 3.02. The lowest BCUT2D eigenvalue weighted by molar-refractivity contribution is 0.413. The van der Waals surface area contributed by atoms with Crippen molar-refractivity contribution < 1.29 is 9.13 Å². The second-order valence-electron chi connectivity index (χ2n) is 3.95. The van der Waals surface area contributed by atoms with E-state index in [1.807, 2.05) is 6.92 Å². The highest BCUT2D eigenvalue weighted by Gasteiger charge is 2.09. The first-order valence-electron chi connectivity index (χ1n) is 5.51. The Morgan fingerprint density at radius 3 is 2.72 bits per heavy atom. The first-order chi connectivity index (χ1) is 8.60. The Hall–Kier alpha value is -2.17. The maximum atomic E-state index is 13.4. The lowest BCUT2D eigenvalue weighted by atomic mass is 10.2. The van der Waals surface area contributed by atoms with Crippen LogP contribution in [-0.4, -0.2) is 17.1 Å². The molecule has 0 aliphatic carbocycles. The average molecular weight is 247 g/mol. The van der Waals surface area contributed by atoms with Gasteiger partial charge in [0, 0.05) is 18.0 Å². The number of halogens is 1. The van der Waals surface area contributed by atoms with Crippen LogP contribution in [0.25, 0.3) is 0 Å². The summed E-state index contributed by atoms with van der Waals surface area (Å²) < 4.78 is 18.5. The predicted molar refractivity (Wildman–Crippen MR) is 67.7 cm³/mol. The summed E-state index contributed by atoms with van der Waals surface area (Å²) in [4.78, 5) is 8.32. The van der Waals surface area contributed by atoms with Crippen LogP contribution in [0.5, 0.6) is 5.75 Å². The van der Waals surface area contributed by atoms with Crippen LogP contribution in [0.1, 0.15) is 11.3 Å². The van der Waals surface area contributed by atoms with E-state index in [1.54, 1.807) is 25.3 Å². The minimum absolute atomic E-state index is 0.303. The summed E-state index contributed by atoms with van der Waals surface area (Å²) in [6, 6.07) is 4.81. The molecule has 2 rings (SSSR count). The summed E-state index contributed by atoms with van der Waals surface area (Å²) in [5.74, 6) is 0.574. The van der Waals surface area contributed by atoms with Crippen molar-refractivity contribution in [3.8, 4) is 5.75 Å². The van der Waals surface area contributed by atoms with Crippen molar-refractivity contribution in [2.45, 2.75) is 13.8 Å². The van der Waals surface area contributed by atoms with Gasteiger partial charge >= 0.3 is 0 Å². The van der Waals surface area contributed by atoms with E-state index in [2.05, 4.69) is 15.3 Å². The van der Waals surface area contributed by atoms with Gasteiger partial charge in [-0.3, -0.25) is 0 Å². The topological polar surface area (TPSA) is 47.0 Å². The van der Waals surface area contributed by atoms with Crippen LogP contribution in [0.2, 0.25) is 0 Å². The molecule has 1 N–H and O–H groups in total. The molecule has 0 saturated carbocycles. The molecule has 0 bridgehead atoms. The summed E-state index contributed by atoms with van der Waals surface area (Å²) in [6.45, 7) is 3.57. The maximum Gasteiger partial charge on any atom is 0.227 e. The van der Waals surface area contributed by atoms with Crippen LogP contribution in [0.4, 0.5) is 16.0 Å². The molecule has 94 valence electrons. The van der Waals surface area contributed by atoms with Gasteiger partial charge in [-0.15, -0.1) is 0 Å². The van der Waals surface area contributed by atoms with Crippen LogP contribution in [0.15, 0.2) is 24.4 Å². The minimum Gasteiger partial charge on any atom is -0.494 e. The minimum atomic E-state index is -0.303. The molecule has 0 unspecified atom stereocenters. The van der Waals surface area contributed by atoms with Crippen molar-refractivity contribution in [3.63, 3.8) is 0 Å². The number of aryl methyl sites for hydroxylation is 2. The van der Waals surface area contributed by atoms with Crippen molar-refractivity contribution in [2.24, 2.45) is 0 Å². The molecule has 0 fully saturated rings. The standard InChI is InChI=1S/C13H14FN3O/c1-8-6-11(12(18-3)7-10(8)14)17-13-15-5-4-9(2)16-13/h4-7H,1-3H3,(H,15,16,17). The van der Waals surface area contributed by atoms with Gasteiger partial charge in [-0.05, 0) is 31.5 Å². The fourth-order valence-electron chi connectivity index (χ4n) is 1.56. The highest BCUT2D eigenvalue weighted by atomic mass is 19.1. The molecule has 1 aromatic heterocycles. The highest BCUT2D eigenvalue weighted by molar-refractivity contribution is 5.63. The molecule has 0 atom stereocenters. The number of nitrogens with zero attached hydrogens (tertiary/aromatic N) is 2. The van der Waals surface area contributed by atoms with Gasteiger partial charge in [0.1, 0.15) is 11.6 Å². The molecular weight excluding hydrogens is 233 g/mol. The molecule has 0 spiro atoms. The van der Waals surface area contributed by atoms with Gasteiger partial charge in [-0.25, -0.2) is 14.4 Å². The number of ether oxygens (including phenoxy) is 1. The van der Waals surface area contributed by atoms with Gasteiger partial charge in [0.15, 0.2) is 0 Å². The Balaban J connectivity index is 2.36. The zero-order valence-corrected chi connectivity index (χ0v) is 10.5. The summed E-state index contributed by atoms with van der Waals surface area (Å²) in [7, 11) is 1.49. The quantitative estimate of drug-likeness (QED) is 0.905. The van der Waals surface area contributed by atoms with Crippen LogP contribution < -0.4 is 10.1 Å². The number of benzene rings is 1. The molecule has 1 heterocycles. The van der Waals surface area contributed by atoms with Crippen molar-refractivity contribution in [1.29, 1.82) is 0 Å². The molecular formula is C13H14FN3O. The van der Waals surface area contributed by atoms with Gasteiger partial charge in [0.2, 0.25) is 5.95 Å². The van der Waals surface area contributed by atoms with Crippen LogP contribution in [0.3, 0.4) is 0 Å². The largest absolute Gasteiger partial charge is 0.494 e. The molecule has 0 aliphatic heterocycles.